The lowest BCUT2D eigenvalue weighted by atomic mass is 9.82. The van der Waals surface area contributed by atoms with Gasteiger partial charge in [0, 0.05) is 12.8 Å². The van der Waals surface area contributed by atoms with Gasteiger partial charge in [-0.1, -0.05) is 41.5 Å². The molecule has 0 amide bonds. The SMILES string of the molecule is CC(C)(C)[Si](C)(C)O[C@@H]1[C@H]2C[C@@](O)(C[C@H]1O[Si](C)(C)C(C)(C)C)C(=O)O2. The Labute approximate surface area is 161 Å². The van der Waals surface area contributed by atoms with E-state index >= 15 is 0 Å². The highest BCUT2D eigenvalue weighted by atomic mass is 28.4. The van der Waals surface area contributed by atoms with Gasteiger partial charge in [0.05, 0.1) is 6.10 Å². The second-order valence-corrected chi connectivity index (χ2v) is 20.7. The average molecular weight is 403 g/mol. The molecule has 0 aromatic carbocycles. The third-order valence-electron chi connectivity index (χ3n) is 6.94. The molecule has 0 aromatic heterocycles. The van der Waals surface area contributed by atoms with Crippen molar-refractivity contribution in [3.05, 3.63) is 0 Å². The van der Waals surface area contributed by atoms with Crippen molar-refractivity contribution in [1.82, 2.24) is 0 Å². The van der Waals surface area contributed by atoms with Gasteiger partial charge in [-0.3, -0.25) is 0 Å². The van der Waals surface area contributed by atoms with Crippen LogP contribution >= 0.6 is 0 Å². The van der Waals surface area contributed by atoms with E-state index in [1.807, 2.05) is 0 Å². The molecule has 4 atom stereocenters. The molecule has 2 aliphatic rings. The van der Waals surface area contributed by atoms with E-state index in [0.29, 0.717) is 6.42 Å². The van der Waals surface area contributed by atoms with E-state index in [1.165, 1.54) is 0 Å². The normalized spacial score (nSPS) is 33.3. The Kier molecular flexibility index (Phi) is 5.44. The van der Waals surface area contributed by atoms with Gasteiger partial charge in [0.1, 0.15) is 12.2 Å². The van der Waals surface area contributed by atoms with Gasteiger partial charge >= 0.3 is 5.97 Å². The molecule has 1 aliphatic heterocycles. The second kappa shape index (κ2) is 6.41. The highest BCUT2D eigenvalue weighted by Gasteiger charge is 2.61. The van der Waals surface area contributed by atoms with Crippen LogP contribution in [0.1, 0.15) is 54.4 Å². The molecule has 0 radical (unpaired) electrons. The summed E-state index contributed by atoms with van der Waals surface area (Å²) in [5, 5.41) is 10.8. The summed E-state index contributed by atoms with van der Waals surface area (Å²) in [6, 6.07) is 0. The minimum Gasteiger partial charge on any atom is -0.457 e. The summed E-state index contributed by atoms with van der Waals surface area (Å²) in [5.41, 5.74) is -1.43. The number of rotatable bonds is 4. The molecule has 1 saturated heterocycles. The van der Waals surface area contributed by atoms with Gasteiger partial charge in [0.15, 0.2) is 22.2 Å². The fourth-order valence-corrected chi connectivity index (χ4v) is 5.74. The maximum Gasteiger partial charge on any atom is 0.338 e. The van der Waals surface area contributed by atoms with Gasteiger partial charge in [0.2, 0.25) is 0 Å². The van der Waals surface area contributed by atoms with Crippen molar-refractivity contribution in [2.75, 3.05) is 0 Å². The minimum atomic E-state index is -2.08. The van der Waals surface area contributed by atoms with Crippen LogP contribution in [-0.2, 0) is 18.4 Å². The molecule has 2 fully saturated rings. The zero-order valence-corrected chi connectivity index (χ0v) is 20.2. The van der Waals surface area contributed by atoms with Gasteiger partial charge in [-0.25, -0.2) is 4.79 Å². The minimum absolute atomic E-state index is 0.0402. The van der Waals surface area contributed by atoms with E-state index in [0.717, 1.165) is 0 Å². The number of ether oxygens (including phenoxy) is 1. The van der Waals surface area contributed by atoms with Gasteiger partial charge < -0.3 is 18.7 Å². The first-order chi connectivity index (χ1) is 11.4. The molecule has 0 spiro atoms. The van der Waals surface area contributed by atoms with Crippen molar-refractivity contribution in [2.45, 2.75) is 115 Å². The van der Waals surface area contributed by atoms with Gasteiger partial charge in [0.25, 0.3) is 0 Å². The zero-order valence-electron chi connectivity index (χ0n) is 18.2. The Balaban J connectivity index is 2.34. The number of aliphatic hydroxyl groups is 1. The van der Waals surface area contributed by atoms with Crippen molar-refractivity contribution in [2.24, 2.45) is 0 Å². The third kappa shape index (κ3) is 3.97. The predicted octanol–water partition coefficient (Wildman–Crippen LogP) is 4.22. The van der Waals surface area contributed by atoms with Gasteiger partial charge in [-0.15, -0.1) is 0 Å². The third-order valence-corrected chi connectivity index (χ3v) is 15.9. The van der Waals surface area contributed by atoms with E-state index in [9.17, 15) is 9.90 Å². The molecule has 1 saturated carbocycles. The molecule has 152 valence electrons. The molecular formula is C19H38O5Si2. The molecular weight excluding hydrogens is 364 g/mol. The van der Waals surface area contributed by atoms with Crippen LogP contribution in [0, 0.1) is 0 Å². The van der Waals surface area contributed by atoms with Crippen molar-refractivity contribution < 1.29 is 23.5 Å². The molecule has 1 aliphatic carbocycles. The van der Waals surface area contributed by atoms with E-state index in [4.69, 9.17) is 13.6 Å². The molecule has 7 heteroatoms. The second-order valence-electron chi connectivity index (χ2n) is 11.1. The molecule has 2 bridgehead atoms. The lowest BCUT2D eigenvalue weighted by molar-refractivity contribution is -0.154. The van der Waals surface area contributed by atoms with E-state index in [1.54, 1.807) is 0 Å². The topological polar surface area (TPSA) is 65.0 Å². The van der Waals surface area contributed by atoms with Crippen LogP contribution < -0.4 is 0 Å². The molecule has 0 aromatic rings. The first-order valence-corrected chi connectivity index (χ1v) is 15.5. The number of hydrogen-bond donors (Lipinski definition) is 1. The number of esters is 1. The van der Waals surface area contributed by atoms with E-state index in [-0.39, 0.29) is 28.7 Å². The fourth-order valence-electron chi connectivity index (χ4n) is 3.08. The van der Waals surface area contributed by atoms with Crippen LogP contribution in [0.25, 0.3) is 0 Å². The Morgan fingerprint density at radius 1 is 0.962 bits per heavy atom. The maximum absolute atomic E-state index is 12.2. The lowest BCUT2D eigenvalue weighted by Crippen LogP contribution is -2.59. The van der Waals surface area contributed by atoms with Crippen LogP contribution in [-0.4, -0.2) is 51.6 Å². The summed E-state index contributed by atoms with van der Waals surface area (Å²) >= 11 is 0. The average Bonchev–Trinajstić information content (AvgIpc) is 2.63. The summed E-state index contributed by atoms with van der Waals surface area (Å²) in [7, 11) is -4.16. The number of hydrogen-bond acceptors (Lipinski definition) is 5. The quantitative estimate of drug-likeness (QED) is 0.563. The monoisotopic (exact) mass is 402 g/mol. The van der Waals surface area contributed by atoms with Crippen LogP contribution in [0.2, 0.25) is 36.3 Å². The van der Waals surface area contributed by atoms with Crippen LogP contribution in [0.3, 0.4) is 0 Å². The smallest absolute Gasteiger partial charge is 0.338 e. The predicted molar refractivity (Wildman–Crippen MR) is 108 cm³/mol. The van der Waals surface area contributed by atoms with E-state index < -0.39 is 34.3 Å². The van der Waals surface area contributed by atoms with Crippen LogP contribution in [0.4, 0.5) is 0 Å². The van der Waals surface area contributed by atoms with Crippen LogP contribution in [0.5, 0.6) is 0 Å². The van der Waals surface area contributed by atoms with Crippen molar-refractivity contribution >= 4 is 22.6 Å². The molecule has 1 heterocycles. The van der Waals surface area contributed by atoms with Crippen LogP contribution in [0.15, 0.2) is 0 Å². The highest BCUT2D eigenvalue weighted by molar-refractivity contribution is 6.74. The van der Waals surface area contributed by atoms with Crippen molar-refractivity contribution in [1.29, 1.82) is 0 Å². The first-order valence-electron chi connectivity index (χ1n) is 9.69. The first kappa shape index (κ1) is 22.1. The summed E-state index contributed by atoms with van der Waals surface area (Å²) in [6.07, 6.45) is -0.488. The lowest BCUT2D eigenvalue weighted by Gasteiger charge is -2.48. The maximum atomic E-state index is 12.2. The Hall–Kier alpha value is -0.216. The Bertz CT molecular complexity index is 561. The highest BCUT2D eigenvalue weighted by Crippen LogP contribution is 2.47. The Morgan fingerprint density at radius 2 is 1.42 bits per heavy atom. The summed E-state index contributed by atoms with van der Waals surface area (Å²) < 4.78 is 18.9. The standard InChI is InChI=1S/C19H38O5Si2/c1-17(2,3)25(7,8)23-14-12-19(21)11-13(22-16(19)20)15(14)24-26(9,10)18(4,5)6/h13-15,21H,11-12H2,1-10H3/t13-,14-,15-,19-/m1/s1. The fraction of sp³-hybridized carbons (Fsp3) is 0.947. The summed E-state index contributed by atoms with van der Waals surface area (Å²) in [4.78, 5) is 12.2. The number of carbonyl (C=O) groups excluding carboxylic acids is 1. The molecule has 2 rings (SSSR count). The Morgan fingerprint density at radius 3 is 1.88 bits per heavy atom. The zero-order chi connectivity index (χ0) is 20.3. The van der Waals surface area contributed by atoms with Crippen molar-refractivity contribution in [3.8, 4) is 0 Å². The summed E-state index contributed by atoms with van der Waals surface area (Å²) in [5.74, 6) is -0.521. The molecule has 1 N–H and O–H groups in total. The van der Waals surface area contributed by atoms with Crippen molar-refractivity contribution in [3.63, 3.8) is 0 Å². The van der Waals surface area contributed by atoms with Gasteiger partial charge in [-0.2, -0.15) is 0 Å². The van der Waals surface area contributed by atoms with Gasteiger partial charge in [-0.05, 0) is 36.3 Å². The molecule has 26 heavy (non-hydrogen) atoms. The van der Waals surface area contributed by atoms with E-state index in [2.05, 4.69) is 67.7 Å². The number of carbonyl (C=O) groups is 1. The molecule has 5 nitrogen and oxygen atoms in total. The molecule has 0 unspecified atom stereocenters. The largest absolute Gasteiger partial charge is 0.457 e. The summed E-state index contributed by atoms with van der Waals surface area (Å²) in [6.45, 7) is 22.0. The number of fused-ring (bicyclic) bond motifs is 2.